The molecule has 0 atom stereocenters. The van der Waals surface area contributed by atoms with Gasteiger partial charge in [-0.1, -0.05) is 19.1 Å². The summed E-state index contributed by atoms with van der Waals surface area (Å²) in [5.41, 5.74) is 7.93. The summed E-state index contributed by atoms with van der Waals surface area (Å²) < 4.78 is 0. The van der Waals surface area contributed by atoms with E-state index in [0.29, 0.717) is 25.8 Å². The topological polar surface area (TPSA) is 87.8 Å². The summed E-state index contributed by atoms with van der Waals surface area (Å²) in [5, 5.41) is 2.99. The summed E-state index contributed by atoms with van der Waals surface area (Å²) in [6, 6.07) is 7.94. The van der Waals surface area contributed by atoms with Gasteiger partial charge in [-0.3, -0.25) is 19.5 Å². The zero-order chi connectivity index (χ0) is 15.9. The van der Waals surface area contributed by atoms with Crippen molar-refractivity contribution in [2.75, 3.05) is 18.4 Å². The van der Waals surface area contributed by atoms with Gasteiger partial charge < -0.3 is 11.1 Å². The molecular weight excluding hydrogens is 280 g/mol. The molecule has 0 radical (unpaired) electrons. The maximum absolute atomic E-state index is 11.6. The SMILES string of the molecule is CCc1ccc(NC(N)=NCCN2C(=O)CCCC2=O)cc1. The zero-order valence-corrected chi connectivity index (χ0v) is 12.8. The van der Waals surface area contributed by atoms with Crippen molar-refractivity contribution >= 4 is 23.5 Å². The highest BCUT2D eigenvalue weighted by Gasteiger charge is 2.24. The van der Waals surface area contributed by atoms with Crippen molar-refractivity contribution in [3.63, 3.8) is 0 Å². The molecule has 1 heterocycles. The minimum absolute atomic E-state index is 0.117. The Kier molecular flexibility index (Phi) is 5.52. The van der Waals surface area contributed by atoms with E-state index in [1.54, 1.807) is 0 Å². The third-order valence-corrected chi connectivity index (χ3v) is 3.62. The lowest BCUT2D eigenvalue weighted by Crippen LogP contribution is -2.41. The van der Waals surface area contributed by atoms with Gasteiger partial charge in [0.1, 0.15) is 0 Å². The van der Waals surface area contributed by atoms with Gasteiger partial charge in [0, 0.05) is 25.1 Å². The van der Waals surface area contributed by atoms with E-state index in [1.165, 1.54) is 10.5 Å². The Labute approximate surface area is 130 Å². The monoisotopic (exact) mass is 302 g/mol. The summed E-state index contributed by atoms with van der Waals surface area (Å²) in [5.74, 6) is 0.0439. The Morgan fingerprint density at radius 3 is 2.45 bits per heavy atom. The first kappa shape index (κ1) is 16.0. The summed E-state index contributed by atoms with van der Waals surface area (Å²) in [6.07, 6.45) is 2.51. The van der Waals surface area contributed by atoms with Gasteiger partial charge in [0.05, 0.1) is 6.54 Å². The Bertz CT molecular complexity index is 550. The van der Waals surface area contributed by atoms with E-state index in [4.69, 9.17) is 5.73 Å². The standard InChI is InChI=1S/C16H22N4O2/c1-2-12-6-8-13(9-7-12)19-16(17)18-10-11-20-14(21)4-3-5-15(20)22/h6-9H,2-5,10-11H2,1H3,(H3,17,18,19). The number of amides is 2. The van der Waals surface area contributed by atoms with Crippen molar-refractivity contribution in [2.45, 2.75) is 32.6 Å². The third-order valence-electron chi connectivity index (χ3n) is 3.62. The molecule has 0 spiro atoms. The first-order valence-electron chi connectivity index (χ1n) is 7.59. The van der Waals surface area contributed by atoms with Crippen LogP contribution < -0.4 is 11.1 Å². The Morgan fingerprint density at radius 2 is 1.86 bits per heavy atom. The van der Waals surface area contributed by atoms with Gasteiger partial charge in [-0.15, -0.1) is 0 Å². The highest BCUT2D eigenvalue weighted by atomic mass is 16.2. The number of carbonyl (C=O) groups is 2. The quantitative estimate of drug-likeness (QED) is 0.490. The molecule has 0 bridgehead atoms. The smallest absolute Gasteiger partial charge is 0.229 e. The number of aliphatic imine (C=N–C) groups is 1. The predicted octanol–water partition coefficient (Wildman–Crippen LogP) is 1.51. The number of nitrogens with one attached hydrogen (secondary N) is 1. The molecule has 1 fully saturated rings. The van der Waals surface area contributed by atoms with Crippen LogP contribution >= 0.6 is 0 Å². The van der Waals surface area contributed by atoms with Crippen LogP contribution in [-0.4, -0.2) is 35.8 Å². The molecule has 0 aromatic heterocycles. The molecule has 0 aliphatic carbocycles. The number of guanidine groups is 1. The van der Waals surface area contributed by atoms with Gasteiger partial charge in [0.2, 0.25) is 11.8 Å². The highest BCUT2D eigenvalue weighted by molar-refractivity contribution is 5.97. The van der Waals surface area contributed by atoms with Gasteiger partial charge in [-0.25, -0.2) is 0 Å². The molecule has 2 rings (SSSR count). The lowest BCUT2D eigenvalue weighted by molar-refractivity contribution is -0.147. The molecule has 0 unspecified atom stereocenters. The van der Waals surface area contributed by atoms with E-state index >= 15 is 0 Å². The number of nitrogens with two attached hydrogens (primary N) is 1. The second-order valence-electron chi connectivity index (χ2n) is 5.24. The van der Waals surface area contributed by atoms with Crippen molar-refractivity contribution < 1.29 is 9.59 Å². The Hall–Kier alpha value is -2.37. The fourth-order valence-corrected chi connectivity index (χ4v) is 2.33. The van der Waals surface area contributed by atoms with Crippen molar-refractivity contribution in [3.05, 3.63) is 29.8 Å². The molecule has 6 heteroatoms. The van der Waals surface area contributed by atoms with Gasteiger partial charge >= 0.3 is 0 Å². The molecule has 1 saturated heterocycles. The first-order chi connectivity index (χ1) is 10.6. The molecule has 1 aromatic rings. The molecule has 1 aromatic carbocycles. The van der Waals surface area contributed by atoms with Crippen LogP contribution in [0.25, 0.3) is 0 Å². The van der Waals surface area contributed by atoms with Crippen LogP contribution in [-0.2, 0) is 16.0 Å². The maximum Gasteiger partial charge on any atom is 0.229 e. The number of nitrogens with zero attached hydrogens (tertiary/aromatic N) is 2. The number of hydrogen-bond acceptors (Lipinski definition) is 3. The van der Waals surface area contributed by atoms with Gasteiger partial charge in [-0.05, 0) is 30.5 Å². The van der Waals surface area contributed by atoms with Crippen LogP contribution in [0, 0.1) is 0 Å². The average molecular weight is 302 g/mol. The second-order valence-corrected chi connectivity index (χ2v) is 5.24. The summed E-state index contributed by atoms with van der Waals surface area (Å²) in [6.45, 7) is 2.69. The highest BCUT2D eigenvalue weighted by Crippen LogP contribution is 2.12. The first-order valence-corrected chi connectivity index (χ1v) is 7.59. The minimum atomic E-state index is -0.117. The number of rotatable bonds is 5. The van der Waals surface area contributed by atoms with E-state index in [-0.39, 0.29) is 24.3 Å². The van der Waals surface area contributed by atoms with Crippen molar-refractivity contribution in [3.8, 4) is 0 Å². The number of hydrogen-bond donors (Lipinski definition) is 2. The van der Waals surface area contributed by atoms with Crippen molar-refractivity contribution in [2.24, 2.45) is 10.7 Å². The van der Waals surface area contributed by atoms with Crippen LogP contribution in [0.2, 0.25) is 0 Å². The number of imide groups is 1. The number of carbonyl (C=O) groups excluding carboxylic acids is 2. The number of likely N-dealkylation sites (tertiary alicyclic amines) is 1. The molecule has 1 aliphatic heterocycles. The van der Waals surface area contributed by atoms with E-state index < -0.39 is 0 Å². The molecule has 0 saturated carbocycles. The average Bonchev–Trinajstić information content (AvgIpc) is 2.51. The largest absolute Gasteiger partial charge is 0.370 e. The lowest BCUT2D eigenvalue weighted by atomic mass is 10.1. The van der Waals surface area contributed by atoms with Gasteiger partial charge in [0.15, 0.2) is 5.96 Å². The third kappa shape index (κ3) is 4.31. The molecule has 6 nitrogen and oxygen atoms in total. The van der Waals surface area contributed by atoms with Crippen LogP contribution in [0.5, 0.6) is 0 Å². The predicted molar refractivity (Wildman–Crippen MR) is 86.5 cm³/mol. The Morgan fingerprint density at radius 1 is 1.23 bits per heavy atom. The summed E-state index contributed by atoms with van der Waals surface area (Å²) >= 11 is 0. The van der Waals surface area contributed by atoms with E-state index in [1.807, 2.05) is 24.3 Å². The van der Waals surface area contributed by atoms with Crippen LogP contribution in [0.3, 0.4) is 0 Å². The molecule has 22 heavy (non-hydrogen) atoms. The number of anilines is 1. The van der Waals surface area contributed by atoms with E-state index in [2.05, 4.69) is 17.2 Å². The molecule has 118 valence electrons. The fourth-order valence-electron chi connectivity index (χ4n) is 2.33. The normalized spacial score (nSPS) is 16.0. The van der Waals surface area contributed by atoms with Gasteiger partial charge in [-0.2, -0.15) is 0 Å². The second kappa shape index (κ2) is 7.59. The van der Waals surface area contributed by atoms with Crippen LogP contribution in [0.1, 0.15) is 31.7 Å². The number of benzene rings is 1. The van der Waals surface area contributed by atoms with E-state index in [0.717, 1.165) is 12.1 Å². The van der Waals surface area contributed by atoms with Gasteiger partial charge in [0.25, 0.3) is 0 Å². The molecule has 3 N–H and O–H groups in total. The van der Waals surface area contributed by atoms with Crippen molar-refractivity contribution in [1.82, 2.24) is 4.90 Å². The number of piperidine rings is 1. The van der Waals surface area contributed by atoms with Crippen LogP contribution in [0.15, 0.2) is 29.3 Å². The molecular formula is C16H22N4O2. The summed E-state index contributed by atoms with van der Waals surface area (Å²) in [4.78, 5) is 28.7. The minimum Gasteiger partial charge on any atom is -0.370 e. The molecule has 2 amide bonds. The molecule has 1 aliphatic rings. The lowest BCUT2D eigenvalue weighted by Gasteiger charge is -2.23. The zero-order valence-electron chi connectivity index (χ0n) is 12.8. The van der Waals surface area contributed by atoms with E-state index in [9.17, 15) is 9.59 Å². The Balaban J connectivity index is 1.84. The fraction of sp³-hybridized carbons (Fsp3) is 0.438. The summed E-state index contributed by atoms with van der Waals surface area (Å²) in [7, 11) is 0. The van der Waals surface area contributed by atoms with Crippen LogP contribution in [0.4, 0.5) is 5.69 Å². The number of aryl methyl sites for hydroxylation is 1. The van der Waals surface area contributed by atoms with Crippen molar-refractivity contribution in [1.29, 1.82) is 0 Å². The maximum atomic E-state index is 11.6.